The van der Waals surface area contributed by atoms with Crippen molar-refractivity contribution in [2.45, 2.75) is 59.9 Å². The third-order valence-corrected chi connectivity index (χ3v) is 7.99. The molecule has 0 radical (unpaired) electrons. The number of hydrogen-bond donors (Lipinski definition) is 1. The van der Waals surface area contributed by atoms with Crippen molar-refractivity contribution in [1.29, 1.82) is 0 Å². The van der Waals surface area contributed by atoms with Crippen LogP contribution in [0, 0.1) is 5.41 Å². The zero-order valence-electron chi connectivity index (χ0n) is 25.6. The van der Waals surface area contributed by atoms with Crippen molar-refractivity contribution >= 4 is 28.6 Å². The number of allylic oxidation sites excluding steroid dienone is 8. The van der Waals surface area contributed by atoms with Crippen LogP contribution in [0.3, 0.4) is 0 Å². The summed E-state index contributed by atoms with van der Waals surface area (Å²) in [5, 5.41) is 3.89. The molecule has 1 aromatic carbocycles. The largest absolute Gasteiger partial charge is 0.486 e. The maximum Gasteiger partial charge on any atom is 0.248 e. The number of ether oxygens (including phenoxy) is 2. The molecule has 5 rings (SSSR count). The van der Waals surface area contributed by atoms with E-state index in [1.54, 1.807) is 18.4 Å². The predicted molar refractivity (Wildman–Crippen MR) is 173 cm³/mol. The highest BCUT2D eigenvalue weighted by atomic mass is 16.5. The number of hydrogen-bond acceptors (Lipinski definition) is 4. The molecule has 2 aromatic heterocycles. The first-order valence-electron chi connectivity index (χ1n) is 14.9. The zero-order valence-corrected chi connectivity index (χ0v) is 25.6. The van der Waals surface area contributed by atoms with E-state index >= 15 is 0 Å². The number of furan rings is 1. The second-order valence-corrected chi connectivity index (χ2v) is 11.9. The van der Waals surface area contributed by atoms with Crippen LogP contribution in [0.5, 0.6) is 11.5 Å². The molecule has 2 aliphatic rings. The molecule has 1 N–H and O–H groups in total. The van der Waals surface area contributed by atoms with Gasteiger partial charge in [0.25, 0.3) is 0 Å². The minimum absolute atomic E-state index is 0.165. The van der Waals surface area contributed by atoms with Crippen LogP contribution in [0.15, 0.2) is 113 Å². The van der Waals surface area contributed by atoms with Gasteiger partial charge in [-0.2, -0.15) is 0 Å². The Hall–Kier alpha value is -4.58. The van der Waals surface area contributed by atoms with Gasteiger partial charge in [-0.1, -0.05) is 55.9 Å². The number of nitrogens with zero attached hydrogens (tertiary/aromatic N) is 1. The van der Waals surface area contributed by atoms with Crippen LogP contribution < -0.4 is 19.4 Å². The standard InChI is InChI=1S/C37H40N2O4/c1-26(12-15-32-27(2)10-7-19-37(32,4)5)9-6-11-33(40)38-31-16-21-39(22-17-31)20-8-23-41-36-34-30(18-24-42-34)25-29-14-13-28(3)43-35(29)36/h6,9,11-18,21-22,24-25H,3,7-8,10,19-20,23H2,1-2,4-5H3/p+1/b11-6+,15-12+,26-9+. The summed E-state index contributed by atoms with van der Waals surface area (Å²) in [7, 11) is 0. The molecular formula is C37H41N2O4+. The van der Waals surface area contributed by atoms with Crippen molar-refractivity contribution in [3.63, 3.8) is 0 Å². The monoisotopic (exact) mass is 577 g/mol. The van der Waals surface area contributed by atoms with Gasteiger partial charge in [0.1, 0.15) is 5.76 Å². The van der Waals surface area contributed by atoms with Crippen LogP contribution in [0.2, 0.25) is 0 Å². The second kappa shape index (κ2) is 13.2. The minimum atomic E-state index is -0.165. The fraction of sp³-hybridized carbons (Fsp3) is 0.297. The average Bonchev–Trinajstić information content (AvgIpc) is 3.43. The summed E-state index contributed by atoms with van der Waals surface area (Å²) in [5.41, 5.74) is 6.58. The number of amides is 1. The van der Waals surface area contributed by atoms with E-state index in [2.05, 4.69) is 56.3 Å². The molecule has 1 aliphatic carbocycles. The van der Waals surface area contributed by atoms with Crippen molar-refractivity contribution in [3.8, 4) is 11.5 Å². The maximum absolute atomic E-state index is 12.5. The fourth-order valence-electron chi connectivity index (χ4n) is 5.66. The number of aromatic nitrogens is 1. The van der Waals surface area contributed by atoms with Crippen LogP contribution in [0.1, 0.15) is 58.9 Å². The van der Waals surface area contributed by atoms with E-state index in [4.69, 9.17) is 13.9 Å². The Kier molecular flexibility index (Phi) is 9.15. The lowest BCUT2D eigenvalue weighted by Crippen LogP contribution is -2.33. The van der Waals surface area contributed by atoms with Gasteiger partial charge in [0.2, 0.25) is 11.7 Å². The highest BCUT2D eigenvalue weighted by molar-refractivity contribution is 5.99. The fourth-order valence-corrected chi connectivity index (χ4v) is 5.66. The van der Waals surface area contributed by atoms with Crippen molar-refractivity contribution in [2.75, 3.05) is 11.9 Å². The summed E-state index contributed by atoms with van der Waals surface area (Å²) < 4.78 is 19.8. The summed E-state index contributed by atoms with van der Waals surface area (Å²) in [4.78, 5) is 12.5. The molecule has 3 heterocycles. The lowest BCUT2D eigenvalue weighted by Gasteiger charge is -2.32. The predicted octanol–water partition coefficient (Wildman–Crippen LogP) is 8.63. The molecule has 6 heteroatoms. The van der Waals surface area contributed by atoms with Gasteiger partial charge in [-0.05, 0) is 68.4 Å². The van der Waals surface area contributed by atoms with Crippen molar-refractivity contribution in [3.05, 3.63) is 114 Å². The highest BCUT2D eigenvalue weighted by Gasteiger charge is 2.26. The molecule has 0 saturated heterocycles. The van der Waals surface area contributed by atoms with Gasteiger partial charge in [-0.3, -0.25) is 4.79 Å². The first kappa shape index (κ1) is 29.9. The first-order chi connectivity index (χ1) is 20.7. The molecule has 0 bridgehead atoms. The lowest BCUT2D eigenvalue weighted by atomic mass is 9.72. The van der Waals surface area contributed by atoms with E-state index < -0.39 is 0 Å². The molecule has 0 atom stereocenters. The highest BCUT2D eigenvalue weighted by Crippen LogP contribution is 2.43. The van der Waals surface area contributed by atoms with E-state index in [0.717, 1.165) is 35.2 Å². The van der Waals surface area contributed by atoms with Gasteiger partial charge in [0.15, 0.2) is 30.3 Å². The number of pyridine rings is 1. The summed E-state index contributed by atoms with van der Waals surface area (Å²) in [6.07, 6.45) is 23.5. The number of nitrogens with one attached hydrogen (secondary N) is 1. The number of anilines is 1. The van der Waals surface area contributed by atoms with Gasteiger partial charge in [-0.25, -0.2) is 4.57 Å². The normalized spacial score (nSPS) is 16.7. The van der Waals surface area contributed by atoms with E-state index in [0.29, 0.717) is 29.4 Å². The van der Waals surface area contributed by atoms with E-state index in [1.165, 1.54) is 30.4 Å². The quantitative estimate of drug-likeness (QED) is 0.113. The summed E-state index contributed by atoms with van der Waals surface area (Å²) >= 11 is 0. The van der Waals surface area contributed by atoms with Crippen LogP contribution in [-0.4, -0.2) is 12.5 Å². The average molecular weight is 578 g/mol. The van der Waals surface area contributed by atoms with Crippen molar-refractivity contribution in [1.82, 2.24) is 0 Å². The summed E-state index contributed by atoms with van der Waals surface area (Å²) in [6, 6.07) is 7.72. The third kappa shape index (κ3) is 7.44. The number of aryl methyl sites for hydroxylation is 1. The SMILES string of the molecule is C=C1C=Cc2cc3ccoc3c(OCCC[n+]3ccc(NC(=O)/C=C/C=C(C)/C=C/C4=C(C)CCCC4(C)C)cc3)c2O1. The number of carbonyl (C=O) groups excluding carboxylic acids is 1. The molecule has 1 aliphatic heterocycles. The number of benzene rings is 1. The van der Waals surface area contributed by atoms with Crippen LogP contribution >= 0.6 is 0 Å². The van der Waals surface area contributed by atoms with Crippen molar-refractivity contribution < 1.29 is 23.3 Å². The summed E-state index contributed by atoms with van der Waals surface area (Å²) in [5.74, 6) is 1.63. The van der Waals surface area contributed by atoms with Crippen molar-refractivity contribution in [2.24, 2.45) is 5.41 Å². The molecule has 222 valence electrons. The van der Waals surface area contributed by atoms with E-state index in [9.17, 15) is 4.79 Å². The smallest absolute Gasteiger partial charge is 0.248 e. The third-order valence-electron chi connectivity index (χ3n) is 7.99. The lowest BCUT2D eigenvalue weighted by molar-refractivity contribution is -0.697. The Labute approximate surface area is 254 Å². The first-order valence-corrected chi connectivity index (χ1v) is 14.9. The minimum Gasteiger partial charge on any atom is -0.486 e. The van der Waals surface area contributed by atoms with Crippen LogP contribution in [0.25, 0.3) is 17.0 Å². The van der Waals surface area contributed by atoms with Crippen LogP contribution in [-0.2, 0) is 11.3 Å². The van der Waals surface area contributed by atoms with Gasteiger partial charge in [0.05, 0.1) is 18.6 Å². The number of fused-ring (bicyclic) bond motifs is 2. The molecule has 1 amide bonds. The van der Waals surface area contributed by atoms with Gasteiger partial charge < -0.3 is 19.2 Å². The summed E-state index contributed by atoms with van der Waals surface area (Å²) in [6.45, 7) is 14.1. The second-order valence-electron chi connectivity index (χ2n) is 11.9. The van der Waals surface area contributed by atoms with E-state index in [1.807, 2.05) is 54.9 Å². The molecule has 0 saturated carbocycles. The Morgan fingerprint density at radius 1 is 1.19 bits per heavy atom. The Morgan fingerprint density at radius 2 is 2.00 bits per heavy atom. The number of rotatable bonds is 10. The Bertz CT molecular complexity index is 1660. The van der Waals surface area contributed by atoms with Crippen LogP contribution in [0.4, 0.5) is 5.69 Å². The van der Waals surface area contributed by atoms with Gasteiger partial charge in [0, 0.05) is 35.6 Å². The molecule has 43 heavy (non-hydrogen) atoms. The van der Waals surface area contributed by atoms with Gasteiger partial charge in [-0.15, -0.1) is 0 Å². The zero-order chi connectivity index (χ0) is 30.4. The maximum atomic E-state index is 12.5. The topological polar surface area (TPSA) is 64.6 Å². The molecule has 0 spiro atoms. The molecule has 0 fully saturated rings. The van der Waals surface area contributed by atoms with Gasteiger partial charge >= 0.3 is 0 Å². The molecule has 0 unspecified atom stereocenters. The molecular weight excluding hydrogens is 536 g/mol. The Morgan fingerprint density at radius 3 is 2.79 bits per heavy atom. The van der Waals surface area contributed by atoms with E-state index in [-0.39, 0.29) is 11.3 Å². The molecule has 6 nitrogen and oxygen atoms in total. The molecule has 3 aromatic rings. The Balaban J connectivity index is 1.09. The number of carbonyl (C=O) groups is 1.